The minimum absolute atomic E-state index is 0.139. The normalized spacial score (nSPS) is 32.0. The van der Waals surface area contributed by atoms with Crippen molar-refractivity contribution in [2.24, 2.45) is 0 Å². The zero-order chi connectivity index (χ0) is 6.16. The number of nitrogens with one attached hydrogen (secondary N) is 1. The van der Waals surface area contributed by atoms with E-state index in [2.05, 4.69) is 5.32 Å². The molecule has 52 valence electrons. The van der Waals surface area contributed by atoms with Gasteiger partial charge in [0.15, 0.2) is 0 Å². The van der Waals surface area contributed by atoms with Gasteiger partial charge in [0.2, 0.25) is 0 Å². The summed E-state index contributed by atoms with van der Waals surface area (Å²) in [5.74, 6) is 0. The summed E-state index contributed by atoms with van der Waals surface area (Å²) < 4.78 is 5.59. The van der Waals surface area contributed by atoms with Crippen molar-refractivity contribution < 1.29 is 4.74 Å². The summed E-state index contributed by atoms with van der Waals surface area (Å²) >= 11 is 0. The Morgan fingerprint density at radius 2 is 2.00 bits per heavy atom. The molecular weight excluding hydrogens is 114 g/mol. The molecule has 2 aliphatic rings. The molecule has 1 saturated carbocycles. The van der Waals surface area contributed by atoms with Crippen molar-refractivity contribution in [1.29, 1.82) is 0 Å². The molecule has 1 aliphatic heterocycles. The van der Waals surface area contributed by atoms with Crippen LogP contribution >= 0.6 is 0 Å². The Hall–Kier alpha value is -0.0800. The van der Waals surface area contributed by atoms with E-state index in [-0.39, 0.29) is 5.72 Å². The molecule has 9 heavy (non-hydrogen) atoms. The van der Waals surface area contributed by atoms with Crippen LogP contribution in [0.1, 0.15) is 25.7 Å². The lowest BCUT2D eigenvalue weighted by Gasteiger charge is -2.21. The molecule has 2 nitrogen and oxygen atoms in total. The van der Waals surface area contributed by atoms with Crippen molar-refractivity contribution in [3.8, 4) is 0 Å². The molecule has 0 aromatic heterocycles. The molecule has 0 amide bonds. The predicted molar refractivity (Wildman–Crippen MR) is 35.2 cm³/mol. The van der Waals surface area contributed by atoms with Crippen LogP contribution in [0, 0.1) is 0 Å². The highest BCUT2D eigenvalue weighted by Gasteiger charge is 2.37. The van der Waals surface area contributed by atoms with Crippen molar-refractivity contribution in [1.82, 2.24) is 5.32 Å². The van der Waals surface area contributed by atoms with Crippen LogP contribution in [0.4, 0.5) is 0 Å². The average molecular weight is 127 g/mol. The third kappa shape index (κ3) is 0.864. The molecule has 0 bridgehead atoms. The molecule has 0 atom stereocenters. The maximum atomic E-state index is 5.59. The van der Waals surface area contributed by atoms with Crippen molar-refractivity contribution in [3.63, 3.8) is 0 Å². The Balaban J connectivity index is 2.04. The van der Waals surface area contributed by atoms with Gasteiger partial charge in [0.1, 0.15) is 5.72 Å². The Kier molecular flexibility index (Phi) is 1.24. The third-order valence-electron chi connectivity index (χ3n) is 2.34. The zero-order valence-electron chi connectivity index (χ0n) is 5.65. The average Bonchev–Trinajstić information content (AvgIpc) is 2.45. The van der Waals surface area contributed by atoms with E-state index in [0.29, 0.717) is 0 Å². The lowest BCUT2D eigenvalue weighted by Crippen LogP contribution is -2.37. The van der Waals surface area contributed by atoms with Gasteiger partial charge in [-0.25, -0.2) is 0 Å². The molecule has 2 rings (SSSR count). The Labute approximate surface area is 55.6 Å². The van der Waals surface area contributed by atoms with Gasteiger partial charge in [0.25, 0.3) is 0 Å². The van der Waals surface area contributed by atoms with Gasteiger partial charge in [-0.1, -0.05) is 0 Å². The molecule has 1 saturated heterocycles. The maximum Gasteiger partial charge on any atom is 0.119 e. The summed E-state index contributed by atoms with van der Waals surface area (Å²) in [6, 6.07) is 0. The van der Waals surface area contributed by atoms with Crippen LogP contribution in [0.3, 0.4) is 0 Å². The van der Waals surface area contributed by atoms with E-state index in [1.54, 1.807) is 0 Å². The van der Waals surface area contributed by atoms with Crippen molar-refractivity contribution in [3.05, 3.63) is 0 Å². The lowest BCUT2D eigenvalue weighted by molar-refractivity contribution is -0.00349. The first-order chi connectivity index (χ1) is 4.41. The smallest absolute Gasteiger partial charge is 0.119 e. The quantitative estimate of drug-likeness (QED) is 0.521. The summed E-state index contributed by atoms with van der Waals surface area (Å²) in [6.07, 6.45) is 5.14. The number of hydrogen-bond acceptors (Lipinski definition) is 2. The first-order valence-electron chi connectivity index (χ1n) is 3.80. The fraction of sp³-hybridized carbons (Fsp3) is 1.00. The van der Waals surface area contributed by atoms with E-state index in [1.807, 2.05) is 0 Å². The van der Waals surface area contributed by atoms with E-state index in [0.717, 1.165) is 13.2 Å². The molecule has 1 N–H and O–H groups in total. The second-order valence-electron chi connectivity index (χ2n) is 2.98. The van der Waals surface area contributed by atoms with Gasteiger partial charge in [0.05, 0.1) is 6.61 Å². The van der Waals surface area contributed by atoms with Crippen LogP contribution in [0.5, 0.6) is 0 Å². The van der Waals surface area contributed by atoms with E-state index >= 15 is 0 Å². The van der Waals surface area contributed by atoms with Crippen molar-refractivity contribution in [2.45, 2.75) is 31.4 Å². The fourth-order valence-electron chi connectivity index (χ4n) is 1.84. The van der Waals surface area contributed by atoms with Gasteiger partial charge < -0.3 is 4.74 Å². The lowest BCUT2D eigenvalue weighted by atomic mass is 10.2. The van der Waals surface area contributed by atoms with Crippen LogP contribution in [-0.4, -0.2) is 18.9 Å². The predicted octanol–water partition coefficient (Wildman–Crippen LogP) is 0.877. The van der Waals surface area contributed by atoms with Crippen molar-refractivity contribution >= 4 is 0 Å². The summed E-state index contributed by atoms with van der Waals surface area (Å²) in [6.45, 7) is 1.97. The van der Waals surface area contributed by atoms with Crippen LogP contribution < -0.4 is 5.32 Å². The summed E-state index contributed by atoms with van der Waals surface area (Å²) in [4.78, 5) is 0. The highest BCUT2D eigenvalue weighted by molar-refractivity contribution is 4.87. The highest BCUT2D eigenvalue weighted by atomic mass is 16.5. The second-order valence-corrected chi connectivity index (χ2v) is 2.98. The molecule has 0 unspecified atom stereocenters. The third-order valence-corrected chi connectivity index (χ3v) is 2.34. The van der Waals surface area contributed by atoms with Crippen LogP contribution in [0.15, 0.2) is 0 Å². The zero-order valence-corrected chi connectivity index (χ0v) is 5.65. The van der Waals surface area contributed by atoms with E-state index in [1.165, 1.54) is 25.7 Å². The monoisotopic (exact) mass is 127 g/mol. The van der Waals surface area contributed by atoms with Gasteiger partial charge >= 0.3 is 0 Å². The molecule has 2 heteroatoms. The summed E-state index contributed by atoms with van der Waals surface area (Å²) in [7, 11) is 0. The minimum Gasteiger partial charge on any atom is -0.359 e. The van der Waals surface area contributed by atoms with E-state index < -0.39 is 0 Å². The standard InChI is InChI=1S/C7H13NO/c1-2-4-7(3-1)8-5-6-9-7/h8H,1-6H2. The Morgan fingerprint density at radius 1 is 1.22 bits per heavy atom. The largest absolute Gasteiger partial charge is 0.359 e. The maximum absolute atomic E-state index is 5.59. The molecule has 1 aliphatic carbocycles. The molecular formula is C7H13NO. The van der Waals surface area contributed by atoms with Gasteiger partial charge in [-0.05, 0) is 25.7 Å². The minimum atomic E-state index is 0.139. The molecule has 0 radical (unpaired) electrons. The van der Waals surface area contributed by atoms with E-state index in [4.69, 9.17) is 4.74 Å². The van der Waals surface area contributed by atoms with Crippen LogP contribution in [0.2, 0.25) is 0 Å². The van der Waals surface area contributed by atoms with Crippen molar-refractivity contribution in [2.75, 3.05) is 13.2 Å². The topological polar surface area (TPSA) is 21.3 Å². The van der Waals surface area contributed by atoms with Gasteiger partial charge in [-0.3, -0.25) is 5.32 Å². The van der Waals surface area contributed by atoms with E-state index in [9.17, 15) is 0 Å². The first-order valence-corrected chi connectivity index (χ1v) is 3.80. The summed E-state index contributed by atoms with van der Waals surface area (Å²) in [5, 5.41) is 3.41. The van der Waals surface area contributed by atoms with Crippen LogP contribution in [0.25, 0.3) is 0 Å². The molecule has 1 spiro atoms. The SMILES string of the molecule is C1CCC2(C1)NCCO2. The number of ether oxygens (including phenoxy) is 1. The summed E-state index contributed by atoms with van der Waals surface area (Å²) in [5.41, 5.74) is 0.139. The molecule has 1 heterocycles. The number of rotatable bonds is 0. The molecule has 2 fully saturated rings. The highest BCUT2D eigenvalue weighted by Crippen LogP contribution is 2.32. The van der Waals surface area contributed by atoms with Crippen LogP contribution in [-0.2, 0) is 4.74 Å². The Bertz CT molecular complexity index is 84.0. The Morgan fingerprint density at radius 3 is 2.56 bits per heavy atom. The molecule has 0 aromatic rings. The second kappa shape index (κ2) is 1.96. The van der Waals surface area contributed by atoms with Gasteiger partial charge in [-0.15, -0.1) is 0 Å². The fourth-order valence-corrected chi connectivity index (χ4v) is 1.84. The number of hydrogen-bond donors (Lipinski definition) is 1. The van der Waals surface area contributed by atoms with Gasteiger partial charge in [-0.2, -0.15) is 0 Å². The molecule has 0 aromatic carbocycles. The van der Waals surface area contributed by atoms with Gasteiger partial charge in [0, 0.05) is 6.54 Å². The first kappa shape index (κ1) is 5.69.